The van der Waals surface area contributed by atoms with E-state index in [4.69, 9.17) is 16.3 Å². The molecule has 0 aliphatic carbocycles. The molecule has 0 saturated carbocycles. The molecule has 1 amide bonds. The van der Waals surface area contributed by atoms with E-state index in [1.807, 2.05) is 78.7 Å². The minimum absolute atomic E-state index is 0.201. The summed E-state index contributed by atoms with van der Waals surface area (Å²) in [7, 11) is 1.89. The molecular formula is C31H25ClN4O4S2. The summed E-state index contributed by atoms with van der Waals surface area (Å²) in [6.45, 7) is 2.16. The molecule has 8 nitrogen and oxygen atoms in total. The number of esters is 1. The molecule has 6 rings (SSSR count). The Morgan fingerprint density at radius 3 is 2.43 bits per heavy atom. The van der Waals surface area contributed by atoms with Gasteiger partial charge in [-0.05, 0) is 42.8 Å². The predicted octanol–water partition coefficient (Wildman–Crippen LogP) is 4.43. The monoisotopic (exact) mass is 616 g/mol. The molecule has 0 atom stereocenters. The van der Waals surface area contributed by atoms with Crippen LogP contribution >= 0.6 is 34.7 Å². The summed E-state index contributed by atoms with van der Waals surface area (Å²) >= 11 is 8.98. The fourth-order valence-electron chi connectivity index (χ4n) is 4.84. The van der Waals surface area contributed by atoms with Crippen LogP contribution in [0.25, 0.3) is 10.6 Å². The van der Waals surface area contributed by atoms with E-state index in [1.54, 1.807) is 23.6 Å². The van der Waals surface area contributed by atoms with Crippen LogP contribution in [-0.2, 0) is 20.9 Å². The fourth-order valence-corrected chi connectivity index (χ4v) is 7.49. The summed E-state index contributed by atoms with van der Waals surface area (Å²) in [5, 5.41) is 7.20. The summed E-state index contributed by atoms with van der Waals surface area (Å²) in [6, 6.07) is 24.2. The van der Waals surface area contributed by atoms with Crippen LogP contribution in [0.4, 0.5) is 11.4 Å². The third-order valence-electron chi connectivity index (χ3n) is 6.80. The highest BCUT2D eigenvalue weighted by Gasteiger charge is 2.35. The second kappa shape index (κ2) is 11.6. The van der Waals surface area contributed by atoms with Crippen LogP contribution in [0, 0.1) is 0 Å². The SMILES string of the molecule is CCOC(=O)CC1=NN(c2ccccc2)C(=O)/C1=c1/s/c(=C2\Sc3ccc(Cl)cc3N2C)c(=O)n1Cc1ccccc1. The van der Waals surface area contributed by atoms with Crippen molar-refractivity contribution < 1.29 is 14.3 Å². The number of thiazole rings is 1. The Morgan fingerprint density at radius 1 is 1.00 bits per heavy atom. The van der Waals surface area contributed by atoms with E-state index >= 15 is 0 Å². The molecule has 3 aromatic carbocycles. The van der Waals surface area contributed by atoms with Gasteiger partial charge in [-0.15, -0.1) is 11.3 Å². The molecule has 0 saturated heterocycles. The lowest BCUT2D eigenvalue weighted by Crippen LogP contribution is -2.36. The number of carbonyl (C=O) groups excluding carboxylic acids is 2. The lowest BCUT2D eigenvalue weighted by atomic mass is 10.1. The van der Waals surface area contributed by atoms with Crippen LogP contribution in [0.2, 0.25) is 5.02 Å². The van der Waals surface area contributed by atoms with Crippen molar-refractivity contribution in [3.8, 4) is 0 Å². The molecule has 11 heteroatoms. The minimum Gasteiger partial charge on any atom is -0.466 e. The second-order valence-corrected chi connectivity index (χ2v) is 12.0. The molecule has 0 unspecified atom stereocenters. The summed E-state index contributed by atoms with van der Waals surface area (Å²) in [6.07, 6.45) is -0.208. The second-order valence-electron chi connectivity index (χ2n) is 9.55. The number of nitrogens with zero attached hydrogens (tertiary/aromatic N) is 4. The maximum Gasteiger partial charge on any atom is 0.311 e. The van der Waals surface area contributed by atoms with Crippen LogP contribution in [0.3, 0.4) is 0 Å². The van der Waals surface area contributed by atoms with E-state index in [-0.39, 0.29) is 36.4 Å². The predicted molar refractivity (Wildman–Crippen MR) is 169 cm³/mol. The molecule has 0 radical (unpaired) electrons. The number of amides is 1. The molecule has 1 aromatic heterocycles. The van der Waals surface area contributed by atoms with Gasteiger partial charge in [0.25, 0.3) is 11.5 Å². The lowest BCUT2D eigenvalue weighted by molar-refractivity contribution is -0.141. The van der Waals surface area contributed by atoms with Gasteiger partial charge in [-0.1, -0.05) is 71.9 Å². The zero-order chi connectivity index (χ0) is 29.4. The Hall–Kier alpha value is -4.12. The van der Waals surface area contributed by atoms with Gasteiger partial charge >= 0.3 is 5.97 Å². The first-order valence-electron chi connectivity index (χ1n) is 13.2. The van der Waals surface area contributed by atoms with E-state index in [0.29, 0.717) is 19.9 Å². The number of hydrogen-bond donors (Lipinski definition) is 0. The molecule has 2 aliphatic rings. The molecule has 0 fully saturated rings. The Balaban J connectivity index is 1.61. The highest BCUT2D eigenvalue weighted by atomic mass is 35.5. The maximum atomic E-state index is 14.2. The Labute approximate surface area is 254 Å². The van der Waals surface area contributed by atoms with E-state index < -0.39 is 11.9 Å². The first-order valence-corrected chi connectivity index (χ1v) is 15.2. The van der Waals surface area contributed by atoms with Crippen LogP contribution in [0.5, 0.6) is 0 Å². The highest BCUT2D eigenvalue weighted by molar-refractivity contribution is 8.08. The van der Waals surface area contributed by atoms with Crippen molar-refractivity contribution in [3.63, 3.8) is 0 Å². The van der Waals surface area contributed by atoms with Crippen molar-refractivity contribution in [2.75, 3.05) is 23.6 Å². The number of halogens is 1. The zero-order valence-corrected chi connectivity index (χ0v) is 25.1. The van der Waals surface area contributed by atoms with Gasteiger partial charge < -0.3 is 9.64 Å². The number of fused-ring (bicyclic) bond motifs is 1. The molecular weight excluding hydrogens is 592 g/mol. The Bertz CT molecular complexity index is 1920. The van der Waals surface area contributed by atoms with Gasteiger partial charge in [0, 0.05) is 17.0 Å². The van der Waals surface area contributed by atoms with Crippen molar-refractivity contribution in [3.05, 3.63) is 109 Å². The number of benzene rings is 3. The third-order valence-corrected chi connectivity index (χ3v) is 9.59. The number of aromatic nitrogens is 1. The van der Waals surface area contributed by atoms with Crippen molar-refractivity contribution in [1.29, 1.82) is 0 Å². The van der Waals surface area contributed by atoms with Crippen molar-refractivity contribution in [1.82, 2.24) is 4.57 Å². The number of anilines is 2. The van der Waals surface area contributed by atoms with Gasteiger partial charge in [-0.3, -0.25) is 19.0 Å². The van der Waals surface area contributed by atoms with Crippen molar-refractivity contribution >= 4 is 74.3 Å². The molecule has 0 bridgehead atoms. The molecule has 2 aliphatic heterocycles. The number of hydrogen-bond acceptors (Lipinski definition) is 8. The van der Waals surface area contributed by atoms with Gasteiger partial charge in [-0.25, -0.2) is 0 Å². The van der Waals surface area contributed by atoms with Crippen molar-refractivity contribution in [2.45, 2.75) is 24.8 Å². The van der Waals surface area contributed by atoms with Crippen molar-refractivity contribution in [2.24, 2.45) is 5.10 Å². The van der Waals surface area contributed by atoms with Crippen LogP contribution in [-0.4, -0.2) is 35.8 Å². The van der Waals surface area contributed by atoms with Gasteiger partial charge in [0.1, 0.15) is 14.2 Å². The zero-order valence-electron chi connectivity index (χ0n) is 22.7. The minimum atomic E-state index is -0.502. The van der Waals surface area contributed by atoms with Crippen LogP contribution in [0.15, 0.2) is 93.7 Å². The van der Waals surface area contributed by atoms with E-state index in [0.717, 1.165) is 21.2 Å². The third kappa shape index (κ3) is 5.17. The average Bonchev–Trinajstić information content (AvgIpc) is 3.60. The number of rotatable bonds is 6. The molecule has 3 heterocycles. The molecule has 0 N–H and O–H groups in total. The first-order chi connectivity index (χ1) is 20.4. The number of ether oxygens (including phenoxy) is 1. The quantitative estimate of drug-likeness (QED) is 0.298. The summed E-state index contributed by atoms with van der Waals surface area (Å²) in [4.78, 5) is 43.8. The van der Waals surface area contributed by atoms with E-state index in [9.17, 15) is 14.4 Å². The van der Waals surface area contributed by atoms with Gasteiger partial charge in [0.2, 0.25) is 0 Å². The van der Waals surface area contributed by atoms with E-state index in [1.165, 1.54) is 28.1 Å². The maximum absolute atomic E-state index is 14.2. The molecule has 212 valence electrons. The van der Waals surface area contributed by atoms with Gasteiger partial charge in [0.05, 0.1) is 42.2 Å². The van der Waals surface area contributed by atoms with Gasteiger partial charge in [-0.2, -0.15) is 10.1 Å². The molecule has 0 spiro atoms. The topological polar surface area (TPSA) is 84.2 Å². The summed E-state index contributed by atoms with van der Waals surface area (Å²) in [5.74, 6) is -0.916. The van der Waals surface area contributed by atoms with E-state index in [2.05, 4.69) is 5.10 Å². The number of thioether (sulfide) groups is 1. The number of hydrazone groups is 1. The van der Waals surface area contributed by atoms with Crippen LogP contribution in [0.1, 0.15) is 18.9 Å². The number of carbonyl (C=O) groups is 2. The molecule has 4 aromatic rings. The number of para-hydroxylation sites is 1. The normalized spacial score (nSPS) is 17.0. The largest absolute Gasteiger partial charge is 0.466 e. The summed E-state index contributed by atoms with van der Waals surface area (Å²) in [5.41, 5.74) is 2.58. The Morgan fingerprint density at radius 2 is 1.71 bits per heavy atom. The standard InChI is InChI=1S/C31H25ClN4O4S2/c1-3-40-25(37)17-22-26(28(38)36(33-22)21-12-8-5-9-13-21)30-35(18-19-10-6-4-7-11-19)29(39)27(42-30)31-34(2)23-16-20(32)14-15-24(23)41-31/h4-16H,3,17-18H2,1-2H3/b30-26+,31-27-. The van der Waals surface area contributed by atoms with Crippen LogP contribution < -0.4 is 24.7 Å². The average molecular weight is 617 g/mol. The lowest BCUT2D eigenvalue weighted by Gasteiger charge is -2.12. The first kappa shape index (κ1) is 28.0. The van der Waals surface area contributed by atoms with Gasteiger partial charge in [0.15, 0.2) is 0 Å². The summed E-state index contributed by atoms with van der Waals surface area (Å²) < 4.78 is 7.73. The Kier molecular flexibility index (Phi) is 7.76. The highest BCUT2D eigenvalue weighted by Crippen LogP contribution is 2.46. The fraction of sp³-hybridized carbons (Fsp3) is 0.161. The molecule has 42 heavy (non-hydrogen) atoms. The smallest absolute Gasteiger partial charge is 0.311 e.